The smallest absolute Gasteiger partial charge is 0.254 e. The van der Waals surface area contributed by atoms with Gasteiger partial charge in [-0.25, -0.2) is 10.8 Å². The predicted octanol–water partition coefficient (Wildman–Crippen LogP) is 2.11. The second kappa shape index (κ2) is 7.60. The van der Waals surface area contributed by atoms with Crippen molar-refractivity contribution in [3.8, 4) is 6.07 Å². The van der Waals surface area contributed by atoms with Gasteiger partial charge in [-0.3, -0.25) is 4.79 Å². The largest absolute Gasteiger partial charge is 0.338 e. The highest BCUT2D eigenvalue weighted by Gasteiger charge is 2.18. The Morgan fingerprint density at radius 2 is 2.14 bits per heavy atom. The maximum absolute atomic E-state index is 12.6. The van der Waals surface area contributed by atoms with Gasteiger partial charge in [-0.15, -0.1) is 0 Å². The lowest BCUT2D eigenvalue weighted by atomic mass is 10.1. The van der Waals surface area contributed by atoms with Crippen LogP contribution in [0.4, 0.5) is 5.82 Å². The SMILES string of the molecule is CCN(CC(C)C#N)C(=O)c1cc(NN)nc(C(C)C)c1. The van der Waals surface area contributed by atoms with Gasteiger partial charge < -0.3 is 10.3 Å². The third kappa shape index (κ3) is 4.43. The van der Waals surface area contributed by atoms with Gasteiger partial charge in [-0.05, 0) is 31.9 Å². The van der Waals surface area contributed by atoms with Gasteiger partial charge in [0.2, 0.25) is 0 Å². The highest BCUT2D eigenvalue weighted by atomic mass is 16.2. The molecule has 1 amide bonds. The van der Waals surface area contributed by atoms with Gasteiger partial charge in [0.1, 0.15) is 5.82 Å². The van der Waals surface area contributed by atoms with Crippen LogP contribution in [0.3, 0.4) is 0 Å². The number of nitrogens with zero attached hydrogens (tertiary/aromatic N) is 3. The van der Waals surface area contributed by atoms with E-state index >= 15 is 0 Å². The summed E-state index contributed by atoms with van der Waals surface area (Å²) >= 11 is 0. The van der Waals surface area contributed by atoms with Crippen LogP contribution >= 0.6 is 0 Å². The second-order valence-electron chi connectivity index (χ2n) is 5.34. The number of hydrazine groups is 1. The van der Waals surface area contributed by atoms with Gasteiger partial charge in [0.25, 0.3) is 5.91 Å². The second-order valence-corrected chi connectivity index (χ2v) is 5.34. The van der Waals surface area contributed by atoms with Crippen LogP contribution < -0.4 is 11.3 Å². The molecule has 0 bridgehead atoms. The summed E-state index contributed by atoms with van der Waals surface area (Å²) in [7, 11) is 0. The molecule has 1 aromatic heterocycles. The maximum atomic E-state index is 12.6. The molecule has 0 aliphatic carbocycles. The molecule has 1 aromatic rings. The molecule has 6 nitrogen and oxygen atoms in total. The lowest BCUT2D eigenvalue weighted by Crippen LogP contribution is -2.34. The third-order valence-electron chi connectivity index (χ3n) is 3.22. The number of rotatable bonds is 6. The number of pyridine rings is 1. The first-order valence-electron chi connectivity index (χ1n) is 7.10. The van der Waals surface area contributed by atoms with Crippen molar-refractivity contribution in [2.75, 3.05) is 18.5 Å². The van der Waals surface area contributed by atoms with Crippen molar-refractivity contribution in [2.24, 2.45) is 11.8 Å². The molecule has 21 heavy (non-hydrogen) atoms. The van der Waals surface area contributed by atoms with Crippen LogP contribution in [0.25, 0.3) is 0 Å². The molecule has 3 N–H and O–H groups in total. The molecule has 6 heteroatoms. The zero-order chi connectivity index (χ0) is 16.0. The molecule has 0 radical (unpaired) electrons. The Hall–Kier alpha value is -2.13. The Labute approximate surface area is 125 Å². The topological polar surface area (TPSA) is 95.0 Å². The fourth-order valence-electron chi connectivity index (χ4n) is 1.95. The fourth-order valence-corrected chi connectivity index (χ4v) is 1.95. The number of nitrogens with one attached hydrogen (secondary N) is 1. The minimum Gasteiger partial charge on any atom is -0.338 e. The van der Waals surface area contributed by atoms with Crippen molar-refractivity contribution in [1.29, 1.82) is 5.26 Å². The monoisotopic (exact) mass is 289 g/mol. The van der Waals surface area contributed by atoms with Crippen molar-refractivity contribution >= 4 is 11.7 Å². The summed E-state index contributed by atoms with van der Waals surface area (Å²) in [4.78, 5) is 18.6. The van der Waals surface area contributed by atoms with E-state index in [2.05, 4.69) is 16.5 Å². The van der Waals surface area contributed by atoms with Crippen molar-refractivity contribution in [2.45, 2.75) is 33.6 Å². The normalized spacial score (nSPS) is 11.9. The van der Waals surface area contributed by atoms with Gasteiger partial charge in [0, 0.05) is 24.3 Å². The Kier molecular flexibility index (Phi) is 6.12. The summed E-state index contributed by atoms with van der Waals surface area (Å²) in [5.41, 5.74) is 3.83. The maximum Gasteiger partial charge on any atom is 0.254 e. The first-order chi connectivity index (χ1) is 9.92. The lowest BCUT2D eigenvalue weighted by molar-refractivity contribution is 0.0752. The minimum absolute atomic E-state index is 0.111. The quantitative estimate of drug-likeness (QED) is 0.617. The number of anilines is 1. The molecule has 0 aliphatic rings. The zero-order valence-corrected chi connectivity index (χ0v) is 13.1. The Morgan fingerprint density at radius 3 is 2.62 bits per heavy atom. The summed E-state index contributed by atoms with van der Waals surface area (Å²) < 4.78 is 0. The van der Waals surface area contributed by atoms with E-state index in [0.29, 0.717) is 24.5 Å². The van der Waals surface area contributed by atoms with E-state index in [1.54, 1.807) is 24.0 Å². The van der Waals surface area contributed by atoms with Crippen LogP contribution in [-0.2, 0) is 0 Å². The number of nitrogens with two attached hydrogens (primary N) is 1. The Balaban J connectivity index is 3.10. The van der Waals surface area contributed by atoms with Gasteiger partial charge in [-0.1, -0.05) is 13.8 Å². The van der Waals surface area contributed by atoms with Crippen molar-refractivity contribution in [1.82, 2.24) is 9.88 Å². The predicted molar refractivity (Wildman–Crippen MR) is 82.5 cm³/mol. The van der Waals surface area contributed by atoms with Gasteiger partial charge >= 0.3 is 0 Å². The van der Waals surface area contributed by atoms with E-state index in [1.807, 2.05) is 20.8 Å². The molecular formula is C15H23N5O. The Morgan fingerprint density at radius 1 is 1.48 bits per heavy atom. The standard InChI is InChI=1S/C15H23N5O/c1-5-20(9-11(4)8-16)15(21)12-6-13(10(2)3)18-14(7-12)19-17/h6-7,10-11H,5,9,17H2,1-4H3,(H,18,19). The van der Waals surface area contributed by atoms with E-state index in [1.165, 1.54) is 0 Å². The molecule has 0 fully saturated rings. The summed E-state index contributed by atoms with van der Waals surface area (Å²) in [6.07, 6.45) is 0. The number of carbonyl (C=O) groups excluding carboxylic acids is 1. The minimum atomic E-state index is -0.201. The highest BCUT2D eigenvalue weighted by Crippen LogP contribution is 2.18. The lowest BCUT2D eigenvalue weighted by Gasteiger charge is -2.22. The highest BCUT2D eigenvalue weighted by molar-refractivity contribution is 5.95. The van der Waals surface area contributed by atoms with Crippen LogP contribution in [-0.4, -0.2) is 28.9 Å². The average molecular weight is 289 g/mol. The molecule has 1 heterocycles. The van der Waals surface area contributed by atoms with E-state index in [0.717, 1.165) is 5.69 Å². The van der Waals surface area contributed by atoms with Crippen molar-refractivity contribution < 1.29 is 4.79 Å². The number of aromatic nitrogens is 1. The summed E-state index contributed by atoms with van der Waals surface area (Å²) in [6.45, 7) is 8.67. The summed E-state index contributed by atoms with van der Waals surface area (Å²) in [6, 6.07) is 5.57. The molecule has 114 valence electrons. The Bertz CT molecular complexity index is 535. The van der Waals surface area contributed by atoms with E-state index in [-0.39, 0.29) is 17.7 Å². The van der Waals surface area contributed by atoms with Crippen LogP contribution in [0.2, 0.25) is 0 Å². The third-order valence-corrected chi connectivity index (χ3v) is 3.22. The van der Waals surface area contributed by atoms with Crippen LogP contribution in [0.15, 0.2) is 12.1 Å². The van der Waals surface area contributed by atoms with E-state index in [9.17, 15) is 4.79 Å². The summed E-state index contributed by atoms with van der Waals surface area (Å²) in [5.74, 6) is 5.77. The molecular weight excluding hydrogens is 266 g/mol. The van der Waals surface area contributed by atoms with Crippen molar-refractivity contribution in [3.05, 3.63) is 23.4 Å². The van der Waals surface area contributed by atoms with Crippen LogP contribution in [0.5, 0.6) is 0 Å². The number of amides is 1. The van der Waals surface area contributed by atoms with Gasteiger partial charge in [0.15, 0.2) is 0 Å². The van der Waals surface area contributed by atoms with Crippen LogP contribution in [0.1, 0.15) is 49.7 Å². The molecule has 0 saturated carbocycles. The molecule has 1 unspecified atom stereocenters. The average Bonchev–Trinajstić information content (AvgIpc) is 2.50. The number of nitriles is 1. The van der Waals surface area contributed by atoms with E-state index < -0.39 is 0 Å². The van der Waals surface area contributed by atoms with Crippen molar-refractivity contribution in [3.63, 3.8) is 0 Å². The molecule has 1 rings (SSSR count). The fraction of sp³-hybridized carbons (Fsp3) is 0.533. The van der Waals surface area contributed by atoms with Crippen LogP contribution in [0, 0.1) is 17.2 Å². The molecule has 0 spiro atoms. The van der Waals surface area contributed by atoms with E-state index in [4.69, 9.17) is 11.1 Å². The molecule has 1 atom stereocenters. The first-order valence-corrected chi connectivity index (χ1v) is 7.10. The van der Waals surface area contributed by atoms with Gasteiger partial charge in [-0.2, -0.15) is 5.26 Å². The number of hydrogen-bond acceptors (Lipinski definition) is 5. The molecule has 0 saturated heterocycles. The molecule has 0 aliphatic heterocycles. The molecule has 0 aromatic carbocycles. The number of carbonyl (C=O) groups is 1. The number of nitrogen functional groups attached to an aromatic ring is 1. The summed E-state index contributed by atoms with van der Waals surface area (Å²) in [5, 5.41) is 8.91. The first kappa shape index (κ1) is 16.9. The van der Waals surface area contributed by atoms with Gasteiger partial charge in [0.05, 0.1) is 12.0 Å². The zero-order valence-electron chi connectivity index (χ0n) is 13.1. The number of hydrogen-bond donors (Lipinski definition) is 2.